The lowest BCUT2D eigenvalue weighted by Crippen LogP contribution is -2.28. The maximum absolute atomic E-state index is 12.1. The smallest absolute Gasteiger partial charge is 0.303 e. The van der Waals surface area contributed by atoms with Crippen molar-refractivity contribution in [3.8, 4) is 5.75 Å². The molecule has 0 unspecified atom stereocenters. The van der Waals surface area contributed by atoms with E-state index in [4.69, 9.17) is 9.84 Å². The fourth-order valence-electron chi connectivity index (χ4n) is 1.60. The number of carboxylic acid groups (broad SMARTS) is 1. The molecule has 0 heterocycles. The Balaban J connectivity index is 2.65. The number of methoxy groups -OCH3 is 1. The lowest BCUT2D eigenvalue weighted by Gasteiger charge is -2.18. The molecule has 0 saturated heterocycles. The molecule has 1 amide bonds. The molecule has 0 spiro atoms. The molecule has 0 bridgehead atoms. The highest BCUT2D eigenvalue weighted by Gasteiger charge is 2.15. The molecule has 1 aromatic carbocycles. The summed E-state index contributed by atoms with van der Waals surface area (Å²) in [4.78, 5) is 24.0. The van der Waals surface area contributed by atoms with E-state index in [0.717, 1.165) is 0 Å². The van der Waals surface area contributed by atoms with Crippen LogP contribution in [0, 0.1) is 0 Å². The van der Waals surface area contributed by atoms with Crippen LogP contribution in [0.25, 0.3) is 0 Å². The number of ether oxygens (including phenoxy) is 1. The van der Waals surface area contributed by atoms with Gasteiger partial charge in [-0.25, -0.2) is 0 Å². The van der Waals surface area contributed by atoms with Crippen LogP contribution in [0.15, 0.2) is 24.3 Å². The first-order valence-corrected chi connectivity index (χ1v) is 5.66. The largest absolute Gasteiger partial charge is 0.496 e. The lowest BCUT2D eigenvalue weighted by atomic mass is 10.1. The third kappa shape index (κ3) is 3.76. The van der Waals surface area contributed by atoms with E-state index in [9.17, 15) is 9.59 Å². The van der Waals surface area contributed by atoms with Gasteiger partial charge >= 0.3 is 5.97 Å². The number of hydrogen-bond acceptors (Lipinski definition) is 3. The average Bonchev–Trinajstić information content (AvgIpc) is 2.37. The van der Waals surface area contributed by atoms with Gasteiger partial charge in [0.05, 0.1) is 12.7 Å². The van der Waals surface area contributed by atoms with Crippen LogP contribution in [0.1, 0.15) is 23.2 Å². The summed E-state index contributed by atoms with van der Waals surface area (Å²) in [7, 11) is 3.16. The number of amides is 1. The van der Waals surface area contributed by atoms with Crippen LogP contribution in [0.4, 0.5) is 0 Å². The van der Waals surface area contributed by atoms with Gasteiger partial charge in [0.15, 0.2) is 0 Å². The summed E-state index contributed by atoms with van der Waals surface area (Å²) >= 11 is 0. The summed E-state index contributed by atoms with van der Waals surface area (Å²) in [6, 6.07) is 6.97. The van der Waals surface area contributed by atoms with E-state index >= 15 is 0 Å². The van der Waals surface area contributed by atoms with Crippen LogP contribution in [0.2, 0.25) is 0 Å². The molecule has 18 heavy (non-hydrogen) atoms. The van der Waals surface area contributed by atoms with Gasteiger partial charge in [-0.3, -0.25) is 9.59 Å². The third-order valence-electron chi connectivity index (χ3n) is 2.57. The standard InChI is InChI=1S/C13H17NO4/c1-14(9-5-8-12(15)16)13(17)10-6-3-4-7-11(10)18-2/h3-4,6-7H,5,8-9H2,1-2H3,(H,15,16). The zero-order chi connectivity index (χ0) is 13.5. The Bertz CT molecular complexity index is 431. The number of carboxylic acids is 1. The minimum Gasteiger partial charge on any atom is -0.496 e. The van der Waals surface area contributed by atoms with Gasteiger partial charge in [-0.15, -0.1) is 0 Å². The molecule has 1 aromatic rings. The van der Waals surface area contributed by atoms with Crippen molar-refractivity contribution < 1.29 is 19.4 Å². The Morgan fingerprint density at radius 1 is 1.33 bits per heavy atom. The van der Waals surface area contributed by atoms with Gasteiger partial charge < -0.3 is 14.7 Å². The van der Waals surface area contributed by atoms with Crippen LogP contribution in [0.5, 0.6) is 5.75 Å². The van der Waals surface area contributed by atoms with Crippen LogP contribution in [-0.4, -0.2) is 42.6 Å². The van der Waals surface area contributed by atoms with E-state index in [1.165, 1.54) is 12.0 Å². The molecule has 0 aromatic heterocycles. The number of carbonyl (C=O) groups excluding carboxylic acids is 1. The van der Waals surface area contributed by atoms with Crippen molar-refractivity contribution in [3.63, 3.8) is 0 Å². The molecule has 1 rings (SSSR count). The molecule has 98 valence electrons. The average molecular weight is 251 g/mol. The predicted octanol–water partition coefficient (Wildman–Crippen LogP) is 1.63. The van der Waals surface area contributed by atoms with Crippen molar-refractivity contribution in [1.29, 1.82) is 0 Å². The van der Waals surface area contributed by atoms with E-state index in [2.05, 4.69) is 0 Å². The van der Waals surface area contributed by atoms with E-state index in [1.54, 1.807) is 31.3 Å². The summed E-state index contributed by atoms with van der Waals surface area (Å²) in [6.45, 7) is 0.406. The summed E-state index contributed by atoms with van der Waals surface area (Å²) in [5, 5.41) is 8.54. The quantitative estimate of drug-likeness (QED) is 0.834. The number of para-hydroxylation sites is 1. The molecule has 0 radical (unpaired) electrons. The molecule has 1 N–H and O–H groups in total. The van der Waals surface area contributed by atoms with Gasteiger partial charge in [0.25, 0.3) is 5.91 Å². The van der Waals surface area contributed by atoms with Gasteiger partial charge in [0.1, 0.15) is 5.75 Å². The summed E-state index contributed by atoms with van der Waals surface area (Å²) in [5.41, 5.74) is 0.484. The van der Waals surface area contributed by atoms with Crippen LogP contribution in [-0.2, 0) is 4.79 Å². The topological polar surface area (TPSA) is 66.8 Å². The molecule has 0 saturated carbocycles. The number of benzene rings is 1. The highest BCUT2D eigenvalue weighted by atomic mass is 16.5. The number of carbonyl (C=O) groups is 2. The molecule has 5 heteroatoms. The van der Waals surface area contributed by atoms with Gasteiger partial charge in [-0.1, -0.05) is 12.1 Å². The second-order valence-electron chi connectivity index (χ2n) is 3.92. The highest BCUT2D eigenvalue weighted by Crippen LogP contribution is 2.18. The van der Waals surface area contributed by atoms with Gasteiger partial charge in [-0.2, -0.15) is 0 Å². The molecule has 0 aliphatic carbocycles. The number of nitrogens with zero attached hydrogens (tertiary/aromatic N) is 1. The van der Waals surface area contributed by atoms with Crippen molar-refractivity contribution >= 4 is 11.9 Å². The van der Waals surface area contributed by atoms with Crippen molar-refractivity contribution in [2.75, 3.05) is 20.7 Å². The Morgan fingerprint density at radius 2 is 2.00 bits per heavy atom. The van der Waals surface area contributed by atoms with Gasteiger partial charge in [0, 0.05) is 20.0 Å². The summed E-state index contributed by atoms with van der Waals surface area (Å²) in [5.74, 6) is -0.501. The van der Waals surface area contributed by atoms with Crippen molar-refractivity contribution in [1.82, 2.24) is 4.90 Å². The normalized spacial score (nSPS) is 9.89. The van der Waals surface area contributed by atoms with E-state index < -0.39 is 5.97 Å². The molecule has 0 atom stereocenters. The molecule has 0 fully saturated rings. The molecule has 5 nitrogen and oxygen atoms in total. The Kier molecular flexibility index (Phi) is 5.17. The monoisotopic (exact) mass is 251 g/mol. The van der Waals surface area contributed by atoms with Crippen molar-refractivity contribution in [3.05, 3.63) is 29.8 Å². The van der Waals surface area contributed by atoms with E-state index in [0.29, 0.717) is 24.3 Å². The molecule has 0 aliphatic rings. The maximum Gasteiger partial charge on any atom is 0.303 e. The Hall–Kier alpha value is -2.04. The fraction of sp³-hybridized carbons (Fsp3) is 0.385. The third-order valence-corrected chi connectivity index (χ3v) is 2.57. The molecular formula is C13H17NO4. The van der Waals surface area contributed by atoms with Gasteiger partial charge in [-0.05, 0) is 18.6 Å². The predicted molar refractivity (Wildman–Crippen MR) is 66.8 cm³/mol. The first-order chi connectivity index (χ1) is 8.56. The van der Waals surface area contributed by atoms with Crippen LogP contribution in [0.3, 0.4) is 0 Å². The number of hydrogen-bond donors (Lipinski definition) is 1. The van der Waals surface area contributed by atoms with Crippen molar-refractivity contribution in [2.24, 2.45) is 0 Å². The SMILES string of the molecule is COc1ccccc1C(=O)N(C)CCCC(=O)O. The zero-order valence-corrected chi connectivity index (χ0v) is 10.5. The highest BCUT2D eigenvalue weighted by molar-refractivity contribution is 5.96. The fourth-order valence-corrected chi connectivity index (χ4v) is 1.60. The Labute approximate surface area is 106 Å². The van der Waals surface area contributed by atoms with Gasteiger partial charge in [0.2, 0.25) is 0 Å². The number of aliphatic carboxylic acids is 1. The van der Waals surface area contributed by atoms with Crippen LogP contribution < -0.4 is 4.74 Å². The minimum atomic E-state index is -0.854. The Morgan fingerprint density at radius 3 is 2.61 bits per heavy atom. The molecule has 0 aliphatic heterocycles. The summed E-state index contributed by atoms with van der Waals surface area (Å²) in [6.07, 6.45) is 0.496. The maximum atomic E-state index is 12.1. The minimum absolute atomic E-state index is 0.0591. The van der Waals surface area contributed by atoms with Crippen molar-refractivity contribution in [2.45, 2.75) is 12.8 Å². The lowest BCUT2D eigenvalue weighted by molar-refractivity contribution is -0.137. The second-order valence-corrected chi connectivity index (χ2v) is 3.92. The summed E-state index contributed by atoms with van der Waals surface area (Å²) < 4.78 is 5.12. The first kappa shape index (κ1) is 14.0. The van der Waals surface area contributed by atoms with Crippen LogP contribution >= 0.6 is 0 Å². The number of rotatable bonds is 6. The first-order valence-electron chi connectivity index (χ1n) is 5.66. The van der Waals surface area contributed by atoms with E-state index in [-0.39, 0.29) is 12.3 Å². The van der Waals surface area contributed by atoms with E-state index in [1.807, 2.05) is 0 Å². The molecular weight excluding hydrogens is 234 g/mol. The zero-order valence-electron chi connectivity index (χ0n) is 10.5. The second kappa shape index (κ2) is 6.64.